The minimum Gasteiger partial charge on any atom is -0.480 e. The molecule has 148 valence electrons. The molecule has 8 heteroatoms. The van der Waals surface area contributed by atoms with Crippen LogP contribution in [0.2, 0.25) is 0 Å². The van der Waals surface area contributed by atoms with Gasteiger partial charge >= 0.3 is 5.97 Å². The summed E-state index contributed by atoms with van der Waals surface area (Å²) in [5.74, 6) is -0.0744. The Morgan fingerprint density at radius 2 is 2.15 bits per heavy atom. The monoisotopic (exact) mass is 392 g/mol. The van der Waals surface area contributed by atoms with Crippen LogP contribution in [0.15, 0.2) is 4.79 Å². The van der Waals surface area contributed by atoms with Crippen molar-refractivity contribution in [3.8, 4) is 0 Å². The lowest BCUT2D eigenvalue weighted by Crippen LogP contribution is -2.37. The first-order valence-electron chi connectivity index (χ1n) is 9.44. The predicted molar refractivity (Wildman–Crippen MR) is 108 cm³/mol. The summed E-state index contributed by atoms with van der Waals surface area (Å²) in [5, 5.41) is 9.72. The number of aryl methyl sites for hydroxylation is 2. The first-order valence-corrected chi connectivity index (χ1v) is 10.3. The summed E-state index contributed by atoms with van der Waals surface area (Å²) in [6.07, 6.45) is 2.90. The molecule has 1 saturated heterocycles. The van der Waals surface area contributed by atoms with Gasteiger partial charge in [0.1, 0.15) is 10.7 Å². The number of likely N-dealkylation sites (N-methyl/N-ethyl adjacent to an activating group) is 1. The lowest BCUT2D eigenvalue weighted by Gasteiger charge is -2.28. The Bertz CT molecular complexity index is 891. The van der Waals surface area contributed by atoms with Crippen LogP contribution in [0, 0.1) is 13.8 Å². The number of carboxylic acids is 1. The smallest absolute Gasteiger partial charge is 0.317 e. The number of rotatable bonds is 5. The average molecular weight is 393 g/mol. The highest BCUT2D eigenvalue weighted by atomic mass is 32.1. The predicted octanol–water partition coefficient (Wildman–Crippen LogP) is 2.53. The zero-order valence-corrected chi connectivity index (χ0v) is 17.2. The van der Waals surface area contributed by atoms with Crippen LogP contribution in [0.3, 0.4) is 0 Å². The Kier molecular flexibility index (Phi) is 5.98. The largest absolute Gasteiger partial charge is 0.480 e. The van der Waals surface area contributed by atoms with Crippen LogP contribution in [0.1, 0.15) is 48.5 Å². The molecule has 0 bridgehead atoms. The lowest BCUT2D eigenvalue weighted by molar-refractivity contribution is -0.138. The molecular formula is C19H28N4O3S. The molecule has 2 unspecified atom stereocenters. The van der Waals surface area contributed by atoms with Crippen LogP contribution in [0.25, 0.3) is 10.2 Å². The fraction of sp³-hybridized carbons (Fsp3) is 0.632. The SMILES string of the molecule is Cc1sc2nc(C(C)N3CCCC(N(C)CC(=O)O)CC3)[nH]c(=O)c2c1C. The maximum absolute atomic E-state index is 12.6. The molecule has 0 spiro atoms. The van der Waals surface area contributed by atoms with Crippen LogP contribution < -0.4 is 5.56 Å². The molecule has 0 aromatic carbocycles. The second-order valence-corrected chi connectivity index (χ2v) is 8.72. The number of nitrogens with one attached hydrogen (secondary N) is 1. The van der Waals surface area contributed by atoms with Gasteiger partial charge in [0, 0.05) is 17.5 Å². The highest BCUT2D eigenvalue weighted by molar-refractivity contribution is 7.18. The molecule has 0 saturated carbocycles. The minimum atomic E-state index is -0.788. The van der Waals surface area contributed by atoms with E-state index in [0.717, 1.165) is 47.6 Å². The molecule has 1 aliphatic rings. The Balaban J connectivity index is 1.76. The van der Waals surface area contributed by atoms with Crippen LogP contribution in [-0.2, 0) is 4.79 Å². The molecule has 0 amide bonds. The van der Waals surface area contributed by atoms with Crippen molar-refractivity contribution in [3.05, 3.63) is 26.6 Å². The van der Waals surface area contributed by atoms with E-state index >= 15 is 0 Å². The summed E-state index contributed by atoms with van der Waals surface area (Å²) in [7, 11) is 1.88. The third-order valence-corrected chi connectivity index (χ3v) is 6.84. The first-order chi connectivity index (χ1) is 12.8. The van der Waals surface area contributed by atoms with Crippen molar-refractivity contribution in [2.45, 2.75) is 52.1 Å². The van der Waals surface area contributed by atoms with E-state index < -0.39 is 5.97 Å². The number of aromatic nitrogens is 2. The van der Waals surface area contributed by atoms with Gasteiger partial charge in [-0.05, 0) is 59.2 Å². The quantitative estimate of drug-likeness (QED) is 0.813. The van der Waals surface area contributed by atoms with Crippen molar-refractivity contribution < 1.29 is 9.90 Å². The molecule has 2 N–H and O–H groups in total. The van der Waals surface area contributed by atoms with E-state index in [1.807, 2.05) is 25.8 Å². The minimum absolute atomic E-state index is 0.0216. The maximum Gasteiger partial charge on any atom is 0.317 e. The van der Waals surface area contributed by atoms with Crippen molar-refractivity contribution in [3.63, 3.8) is 0 Å². The van der Waals surface area contributed by atoms with Gasteiger partial charge in [0.2, 0.25) is 0 Å². The van der Waals surface area contributed by atoms with Crippen LogP contribution in [0.5, 0.6) is 0 Å². The number of hydrogen-bond donors (Lipinski definition) is 2. The van der Waals surface area contributed by atoms with E-state index in [2.05, 4.69) is 16.8 Å². The maximum atomic E-state index is 12.6. The Labute approximate surface area is 163 Å². The summed E-state index contributed by atoms with van der Waals surface area (Å²) in [6, 6.07) is 0.295. The van der Waals surface area contributed by atoms with E-state index in [4.69, 9.17) is 10.1 Å². The Morgan fingerprint density at radius 1 is 1.41 bits per heavy atom. The number of carbonyl (C=O) groups is 1. The molecule has 3 heterocycles. The van der Waals surface area contributed by atoms with Crippen molar-refractivity contribution in [2.24, 2.45) is 0 Å². The zero-order chi connectivity index (χ0) is 19.7. The molecule has 0 aliphatic carbocycles. The van der Waals surface area contributed by atoms with Gasteiger partial charge in [-0.2, -0.15) is 0 Å². The summed E-state index contributed by atoms with van der Waals surface area (Å²) >= 11 is 1.57. The van der Waals surface area contributed by atoms with Gasteiger partial charge in [-0.25, -0.2) is 4.98 Å². The number of hydrogen-bond acceptors (Lipinski definition) is 6. The second-order valence-electron chi connectivity index (χ2n) is 7.52. The molecule has 1 fully saturated rings. The topological polar surface area (TPSA) is 89.5 Å². The van der Waals surface area contributed by atoms with Gasteiger partial charge in [-0.1, -0.05) is 0 Å². The highest BCUT2D eigenvalue weighted by Crippen LogP contribution is 2.28. The van der Waals surface area contributed by atoms with Crippen LogP contribution in [-0.4, -0.2) is 63.6 Å². The number of fused-ring (bicyclic) bond motifs is 1. The molecule has 3 rings (SSSR count). The average Bonchev–Trinajstić information content (AvgIpc) is 2.77. The van der Waals surface area contributed by atoms with Crippen LogP contribution in [0.4, 0.5) is 0 Å². The van der Waals surface area contributed by atoms with Gasteiger partial charge < -0.3 is 10.1 Å². The summed E-state index contributed by atoms with van der Waals surface area (Å²) in [6.45, 7) is 7.92. The van der Waals surface area contributed by atoms with Gasteiger partial charge in [0.25, 0.3) is 5.56 Å². The molecule has 2 aromatic heterocycles. The number of aliphatic carboxylic acids is 1. The van der Waals surface area contributed by atoms with Crippen molar-refractivity contribution >= 4 is 27.5 Å². The third kappa shape index (κ3) is 4.23. The number of carboxylic acid groups (broad SMARTS) is 1. The van der Waals surface area contributed by atoms with E-state index in [9.17, 15) is 9.59 Å². The van der Waals surface area contributed by atoms with E-state index in [0.29, 0.717) is 11.2 Å². The van der Waals surface area contributed by atoms with E-state index in [1.165, 1.54) is 0 Å². The molecule has 27 heavy (non-hydrogen) atoms. The number of thiophene rings is 1. The fourth-order valence-corrected chi connectivity index (χ4v) is 4.95. The first kappa shape index (κ1) is 20.0. The standard InChI is InChI=1S/C19H28N4O3S/c1-11-13(3)27-19-16(11)18(26)20-17(21-19)12(2)23-8-5-6-14(7-9-23)22(4)10-15(24)25/h12,14H,5-10H2,1-4H3,(H,24,25)(H,20,21,26). The van der Waals surface area contributed by atoms with Gasteiger partial charge in [-0.3, -0.25) is 19.4 Å². The van der Waals surface area contributed by atoms with Gasteiger partial charge in [0.15, 0.2) is 0 Å². The number of H-pyrrole nitrogens is 1. The molecule has 1 aliphatic heterocycles. The molecular weight excluding hydrogens is 364 g/mol. The van der Waals surface area contributed by atoms with Crippen LogP contribution >= 0.6 is 11.3 Å². The number of aromatic amines is 1. The summed E-state index contributed by atoms with van der Waals surface area (Å²) in [5.41, 5.74) is 0.958. The summed E-state index contributed by atoms with van der Waals surface area (Å²) < 4.78 is 0. The lowest BCUT2D eigenvalue weighted by atomic mass is 10.1. The Morgan fingerprint density at radius 3 is 2.85 bits per heavy atom. The van der Waals surface area contributed by atoms with Crippen molar-refractivity contribution in [1.82, 2.24) is 19.8 Å². The highest BCUT2D eigenvalue weighted by Gasteiger charge is 2.26. The van der Waals surface area contributed by atoms with Crippen molar-refractivity contribution in [2.75, 3.05) is 26.7 Å². The van der Waals surface area contributed by atoms with Gasteiger partial charge in [-0.15, -0.1) is 11.3 Å². The number of nitrogens with zero attached hydrogens (tertiary/aromatic N) is 3. The van der Waals surface area contributed by atoms with Crippen molar-refractivity contribution in [1.29, 1.82) is 0 Å². The fourth-order valence-electron chi connectivity index (χ4n) is 3.91. The molecule has 2 atom stereocenters. The van der Waals surface area contributed by atoms with E-state index in [1.54, 1.807) is 11.3 Å². The summed E-state index contributed by atoms with van der Waals surface area (Å²) in [4.78, 5) is 37.5. The molecule has 2 aromatic rings. The van der Waals surface area contributed by atoms with E-state index in [-0.39, 0.29) is 24.2 Å². The second kappa shape index (κ2) is 8.08. The Hall–Kier alpha value is -1.77. The number of likely N-dealkylation sites (tertiary alicyclic amines) is 1. The third-order valence-electron chi connectivity index (χ3n) is 5.74. The molecule has 0 radical (unpaired) electrons. The van der Waals surface area contributed by atoms with Gasteiger partial charge in [0.05, 0.1) is 18.0 Å². The molecule has 7 nitrogen and oxygen atoms in total. The normalized spacial score (nSPS) is 20.1. The zero-order valence-electron chi connectivity index (χ0n) is 16.4.